The summed E-state index contributed by atoms with van der Waals surface area (Å²) in [4.78, 5) is 18.7. The molecule has 1 aromatic heterocycles. The highest BCUT2D eigenvalue weighted by Gasteiger charge is 2.28. The number of aromatic nitrogens is 2. The van der Waals surface area contributed by atoms with E-state index in [4.69, 9.17) is 16.3 Å². The number of carbonyl (C=O) groups excluding carboxylic acids is 1. The zero-order valence-corrected chi connectivity index (χ0v) is 13.7. The van der Waals surface area contributed by atoms with Gasteiger partial charge in [0, 0.05) is 25.4 Å². The van der Waals surface area contributed by atoms with Crippen LogP contribution in [0, 0.1) is 12.7 Å². The monoisotopic (exact) mass is 337 g/mol. The number of nitrogens with zero attached hydrogens (tertiary/aromatic N) is 3. The Morgan fingerprint density at radius 3 is 2.91 bits per heavy atom. The molecular weight excluding hydrogens is 321 g/mol. The average Bonchev–Trinajstić information content (AvgIpc) is 2.88. The van der Waals surface area contributed by atoms with E-state index in [1.54, 1.807) is 4.90 Å². The van der Waals surface area contributed by atoms with E-state index in [9.17, 15) is 9.18 Å². The minimum atomic E-state index is -0.536. The number of carbonyl (C=O) groups is 1. The maximum atomic E-state index is 13.2. The quantitative estimate of drug-likeness (QED) is 0.846. The van der Waals surface area contributed by atoms with Crippen molar-refractivity contribution in [2.24, 2.45) is 7.05 Å². The molecule has 3 rings (SSSR count). The number of rotatable bonds is 2. The Hall–Kier alpha value is -1.92. The van der Waals surface area contributed by atoms with Crippen LogP contribution in [0.2, 0.25) is 5.02 Å². The normalized spacial score (nSPS) is 18.3. The summed E-state index contributed by atoms with van der Waals surface area (Å²) in [5, 5.41) is -0.0552. The van der Waals surface area contributed by atoms with Crippen LogP contribution in [0.15, 0.2) is 24.4 Å². The maximum Gasteiger partial charge on any atom is 0.254 e. The van der Waals surface area contributed by atoms with E-state index in [-0.39, 0.29) is 17.0 Å². The van der Waals surface area contributed by atoms with E-state index in [0.717, 1.165) is 11.5 Å². The number of halogens is 2. The Balaban J connectivity index is 1.79. The molecule has 2 heterocycles. The Morgan fingerprint density at radius 2 is 2.26 bits per heavy atom. The Labute approximate surface area is 138 Å². The second kappa shape index (κ2) is 6.29. The van der Waals surface area contributed by atoms with E-state index >= 15 is 0 Å². The fourth-order valence-corrected chi connectivity index (χ4v) is 2.92. The molecule has 1 aliphatic rings. The van der Waals surface area contributed by atoms with Gasteiger partial charge in [0.25, 0.3) is 5.91 Å². The zero-order chi connectivity index (χ0) is 16.6. The molecule has 7 heteroatoms. The standard InChI is InChI=1S/C16H17ClFN3O2/c1-10-8-20(2)15(19-10)14-9-21(5-6-23-14)16(22)11-3-4-13(18)12(17)7-11/h3-4,7-8,14H,5-6,9H2,1-2H3/t14-/m0/s1. The lowest BCUT2D eigenvalue weighted by atomic mass is 10.1. The first-order chi connectivity index (χ1) is 11.0. The molecule has 0 aliphatic carbocycles. The maximum absolute atomic E-state index is 13.2. The molecular formula is C16H17ClFN3O2. The second-order valence-electron chi connectivity index (χ2n) is 5.59. The van der Waals surface area contributed by atoms with Gasteiger partial charge < -0.3 is 14.2 Å². The van der Waals surface area contributed by atoms with E-state index in [1.165, 1.54) is 18.2 Å². The van der Waals surface area contributed by atoms with Crippen LogP contribution >= 0.6 is 11.6 Å². The number of hydrogen-bond donors (Lipinski definition) is 0. The molecule has 0 unspecified atom stereocenters. The van der Waals surface area contributed by atoms with Gasteiger partial charge in [-0.1, -0.05) is 11.6 Å². The molecule has 1 aliphatic heterocycles. The molecule has 1 atom stereocenters. The summed E-state index contributed by atoms with van der Waals surface area (Å²) >= 11 is 5.76. The molecule has 0 radical (unpaired) electrons. The summed E-state index contributed by atoms with van der Waals surface area (Å²) in [6, 6.07) is 4.00. The summed E-state index contributed by atoms with van der Waals surface area (Å²) in [5.74, 6) is 0.0647. The fourth-order valence-electron chi connectivity index (χ4n) is 2.74. The fraction of sp³-hybridized carbons (Fsp3) is 0.375. The summed E-state index contributed by atoms with van der Waals surface area (Å²) in [6.07, 6.45) is 1.64. The highest BCUT2D eigenvalue weighted by Crippen LogP contribution is 2.24. The van der Waals surface area contributed by atoms with Gasteiger partial charge in [0.1, 0.15) is 17.7 Å². The van der Waals surface area contributed by atoms with Gasteiger partial charge in [-0.2, -0.15) is 0 Å². The second-order valence-corrected chi connectivity index (χ2v) is 6.00. The first-order valence-corrected chi connectivity index (χ1v) is 7.69. The highest BCUT2D eigenvalue weighted by atomic mass is 35.5. The van der Waals surface area contributed by atoms with Crippen LogP contribution in [0.3, 0.4) is 0 Å². The number of amides is 1. The third-order valence-electron chi connectivity index (χ3n) is 3.84. The summed E-state index contributed by atoms with van der Waals surface area (Å²) < 4.78 is 20.9. The van der Waals surface area contributed by atoms with Crippen molar-refractivity contribution in [2.45, 2.75) is 13.0 Å². The van der Waals surface area contributed by atoms with Crippen molar-refractivity contribution in [1.82, 2.24) is 14.5 Å². The molecule has 122 valence electrons. The van der Waals surface area contributed by atoms with Crippen LogP contribution in [-0.2, 0) is 11.8 Å². The van der Waals surface area contributed by atoms with Crippen molar-refractivity contribution in [1.29, 1.82) is 0 Å². The molecule has 5 nitrogen and oxygen atoms in total. The van der Waals surface area contributed by atoms with E-state index in [0.29, 0.717) is 25.3 Å². The number of morpholine rings is 1. The minimum absolute atomic E-state index is 0.0552. The van der Waals surface area contributed by atoms with Gasteiger partial charge in [0.2, 0.25) is 0 Å². The van der Waals surface area contributed by atoms with Gasteiger partial charge in [-0.3, -0.25) is 4.79 Å². The molecule has 0 N–H and O–H groups in total. The molecule has 1 fully saturated rings. The largest absolute Gasteiger partial charge is 0.367 e. The summed E-state index contributed by atoms with van der Waals surface area (Å²) in [5.41, 5.74) is 1.27. The van der Waals surface area contributed by atoms with Crippen molar-refractivity contribution < 1.29 is 13.9 Å². The lowest BCUT2D eigenvalue weighted by Gasteiger charge is -2.32. The first kappa shape index (κ1) is 16.0. The van der Waals surface area contributed by atoms with Crippen LogP contribution in [0.1, 0.15) is 28.0 Å². The lowest BCUT2D eigenvalue weighted by molar-refractivity contribution is -0.0279. The van der Waals surface area contributed by atoms with Crippen LogP contribution in [0.5, 0.6) is 0 Å². The molecule has 1 amide bonds. The smallest absolute Gasteiger partial charge is 0.254 e. The number of hydrogen-bond acceptors (Lipinski definition) is 3. The summed E-state index contributed by atoms with van der Waals surface area (Å²) in [6.45, 7) is 3.22. The van der Waals surface area contributed by atoms with Gasteiger partial charge in [0.15, 0.2) is 0 Å². The van der Waals surface area contributed by atoms with Crippen LogP contribution in [0.25, 0.3) is 0 Å². The van der Waals surface area contributed by atoms with E-state index in [1.807, 2.05) is 24.7 Å². The predicted octanol–water partition coefficient (Wildman–Crippen LogP) is 2.73. The minimum Gasteiger partial charge on any atom is -0.367 e. The average molecular weight is 338 g/mol. The lowest BCUT2D eigenvalue weighted by Crippen LogP contribution is -2.42. The van der Waals surface area contributed by atoms with Gasteiger partial charge >= 0.3 is 0 Å². The van der Waals surface area contributed by atoms with E-state index in [2.05, 4.69) is 4.98 Å². The van der Waals surface area contributed by atoms with Crippen molar-refractivity contribution in [3.05, 3.63) is 52.3 Å². The Bertz CT molecular complexity index is 747. The number of ether oxygens (including phenoxy) is 1. The Morgan fingerprint density at radius 1 is 1.48 bits per heavy atom. The predicted molar refractivity (Wildman–Crippen MR) is 84.0 cm³/mol. The van der Waals surface area contributed by atoms with Crippen LogP contribution in [0.4, 0.5) is 4.39 Å². The van der Waals surface area contributed by atoms with E-state index < -0.39 is 5.82 Å². The SMILES string of the molecule is Cc1cn(C)c([C@@H]2CN(C(=O)c3ccc(F)c(Cl)c3)CCO2)n1. The molecule has 2 aromatic rings. The zero-order valence-electron chi connectivity index (χ0n) is 12.9. The van der Waals surface area contributed by atoms with Crippen LogP contribution < -0.4 is 0 Å². The van der Waals surface area contributed by atoms with Crippen LogP contribution in [-0.4, -0.2) is 40.1 Å². The number of benzene rings is 1. The number of imidazole rings is 1. The molecule has 1 saturated heterocycles. The highest BCUT2D eigenvalue weighted by molar-refractivity contribution is 6.31. The number of aryl methyl sites for hydroxylation is 2. The third kappa shape index (κ3) is 3.23. The van der Waals surface area contributed by atoms with Crippen molar-refractivity contribution >= 4 is 17.5 Å². The van der Waals surface area contributed by atoms with Gasteiger partial charge in [-0.25, -0.2) is 9.37 Å². The summed E-state index contributed by atoms with van der Waals surface area (Å²) in [7, 11) is 1.90. The van der Waals surface area contributed by atoms with Gasteiger partial charge in [-0.05, 0) is 25.1 Å². The molecule has 0 bridgehead atoms. The molecule has 1 aromatic carbocycles. The first-order valence-electron chi connectivity index (χ1n) is 7.31. The topological polar surface area (TPSA) is 47.4 Å². The van der Waals surface area contributed by atoms with Crippen molar-refractivity contribution in [3.8, 4) is 0 Å². The molecule has 0 saturated carbocycles. The van der Waals surface area contributed by atoms with Crippen molar-refractivity contribution in [3.63, 3.8) is 0 Å². The van der Waals surface area contributed by atoms with Gasteiger partial charge in [0.05, 0.1) is 23.9 Å². The molecule has 23 heavy (non-hydrogen) atoms. The third-order valence-corrected chi connectivity index (χ3v) is 4.13. The Kier molecular flexibility index (Phi) is 4.37. The van der Waals surface area contributed by atoms with Crippen molar-refractivity contribution in [2.75, 3.05) is 19.7 Å². The van der Waals surface area contributed by atoms with Gasteiger partial charge in [-0.15, -0.1) is 0 Å². The molecule has 0 spiro atoms.